The zero-order chi connectivity index (χ0) is 6.57. The van der Waals surface area contributed by atoms with Crippen LogP contribution in [0.3, 0.4) is 0 Å². The van der Waals surface area contributed by atoms with E-state index >= 15 is 0 Å². The highest BCUT2D eigenvalue weighted by Crippen LogP contribution is 1.82. The fourth-order valence-electron chi connectivity index (χ4n) is 0.254. The van der Waals surface area contributed by atoms with E-state index in [1.54, 1.807) is 0 Å². The molecule has 0 aromatic carbocycles. The number of hydrogen-bond acceptors (Lipinski definition) is 3. The first-order valence-corrected chi connectivity index (χ1v) is 2.08. The molecule has 0 saturated carbocycles. The van der Waals surface area contributed by atoms with Crippen molar-refractivity contribution in [3.8, 4) is 0 Å². The number of aliphatic hydroxyl groups is 1. The second kappa shape index (κ2) is 3.15. The van der Waals surface area contributed by atoms with E-state index in [2.05, 4.69) is 5.73 Å². The molecule has 0 radical (unpaired) electrons. The van der Waals surface area contributed by atoms with Gasteiger partial charge in [0.05, 0.1) is 6.42 Å². The predicted octanol–water partition coefficient (Wildman–Crippen LogP) is -1.58. The molecule has 46 valence electrons. The first kappa shape index (κ1) is 7.10. The molecule has 0 aliphatic carbocycles. The molecule has 0 heterocycles. The van der Waals surface area contributed by atoms with E-state index in [9.17, 15) is 9.59 Å². The number of hydrogen-bond donors (Lipinski definition) is 2. The molecule has 3 N–H and O–H groups in total. The first-order valence-electron chi connectivity index (χ1n) is 2.08. The molecule has 4 nitrogen and oxygen atoms in total. The van der Waals surface area contributed by atoms with Crippen LogP contribution >= 0.6 is 0 Å². The van der Waals surface area contributed by atoms with Crippen LogP contribution in [0.5, 0.6) is 0 Å². The van der Waals surface area contributed by atoms with Crippen molar-refractivity contribution in [2.24, 2.45) is 5.73 Å². The third-order valence-electron chi connectivity index (χ3n) is 0.567. The molecule has 0 fully saturated rings. The van der Waals surface area contributed by atoms with Gasteiger partial charge in [0.25, 0.3) is 0 Å². The Hall–Kier alpha value is -0.900. The normalized spacial score (nSPS) is 12.6. The molecule has 0 bridgehead atoms. The predicted molar refractivity (Wildman–Crippen MR) is 25.9 cm³/mol. The van der Waals surface area contributed by atoms with Gasteiger partial charge in [-0.3, -0.25) is 4.79 Å². The maximum absolute atomic E-state index is 9.87. The summed E-state index contributed by atoms with van der Waals surface area (Å²) in [7, 11) is 0. The van der Waals surface area contributed by atoms with Gasteiger partial charge in [0, 0.05) is 0 Å². The number of rotatable bonds is 3. The summed E-state index contributed by atoms with van der Waals surface area (Å²) in [5.41, 5.74) is 4.61. The Labute approximate surface area is 46.3 Å². The van der Waals surface area contributed by atoms with Gasteiger partial charge in [-0.2, -0.15) is 0 Å². The van der Waals surface area contributed by atoms with Crippen LogP contribution in [0.15, 0.2) is 0 Å². The van der Waals surface area contributed by atoms with Crippen LogP contribution in [0, 0.1) is 0 Å². The fourth-order valence-corrected chi connectivity index (χ4v) is 0.254. The molecule has 8 heavy (non-hydrogen) atoms. The van der Waals surface area contributed by atoms with E-state index in [-0.39, 0.29) is 12.7 Å². The molecule has 0 aliphatic rings. The Kier molecular flexibility index (Phi) is 2.79. The highest BCUT2D eigenvalue weighted by Gasteiger charge is 2.03. The van der Waals surface area contributed by atoms with Crippen molar-refractivity contribution in [1.82, 2.24) is 0 Å². The third-order valence-corrected chi connectivity index (χ3v) is 0.567. The van der Waals surface area contributed by atoms with Gasteiger partial charge < -0.3 is 15.6 Å². The largest absolute Gasteiger partial charge is 0.385 e. The summed E-state index contributed by atoms with van der Waals surface area (Å²) >= 11 is 0. The monoisotopic (exact) mass is 117 g/mol. The molecule has 0 aromatic rings. The Balaban J connectivity index is 3.38. The highest BCUT2D eigenvalue weighted by atomic mass is 16.3. The summed E-state index contributed by atoms with van der Waals surface area (Å²) < 4.78 is 0. The van der Waals surface area contributed by atoms with Gasteiger partial charge in [-0.25, -0.2) is 0 Å². The Morgan fingerprint density at radius 2 is 2.38 bits per heavy atom. The van der Waals surface area contributed by atoms with Crippen molar-refractivity contribution in [2.45, 2.75) is 12.5 Å². The zero-order valence-corrected chi connectivity index (χ0v) is 4.20. The highest BCUT2D eigenvalue weighted by molar-refractivity contribution is 5.77. The zero-order valence-electron chi connectivity index (χ0n) is 4.20. The summed E-state index contributed by atoms with van der Waals surface area (Å²) in [6, 6.07) is 0. The van der Waals surface area contributed by atoms with E-state index in [0.29, 0.717) is 0 Å². The Morgan fingerprint density at radius 1 is 1.88 bits per heavy atom. The van der Waals surface area contributed by atoms with Crippen molar-refractivity contribution < 1.29 is 14.7 Å². The van der Waals surface area contributed by atoms with Crippen molar-refractivity contribution in [3.63, 3.8) is 0 Å². The number of carbonyl (C=O) groups excluding carboxylic acids is 2. The second-order valence-corrected chi connectivity index (χ2v) is 1.37. The summed E-state index contributed by atoms with van der Waals surface area (Å²) in [4.78, 5) is 19.5. The maximum atomic E-state index is 9.87. The lowest BCUT2D eigenvalue weighted by atomic mass is 10.3. The molecule has 1 amide bonds. The molecule has 0 aromatic heterocycles. The van der Waals surface area contributed by atoms with Gasteiger partial charge >= 0.3 is 0 Å². The van der Waals surface area contributed by atoms with E-state index < -0.39 is 12.0 Å². The van der Waals surface area contributed by atoms with Crippen LogP contribution in [0.25, 0.3) is 0 Å². The molecule has 0 aliphatic heterocycles. The molecule has 0 rings (SSSR count). The van der Waals surface area contributed by atoms with Crippen LogP contribution in [-0.2, 0) is 9.59 Å². The van der Waals surface area contributed by atoms with E-state index in [0.717, 1.165) is 0 Å². The quantitative estimate of drug-likeness (QED) is 0.438. The van der Waals surface area contributed by atoms with Crippen molar-refractivity contribution in [2.75, 3.05) is 0 Å². The molecule has 0 spiro atoms. The lowest BCUT2D eigenvalue weighted by Crippen LogP contribution is -2.20. The molecule has 0 saturated heterocycles. The lowest BCUT2D eigenvalue weighted by molar-refractivity contribution is -0.124. The summed E-state index contributed by atoms with van der Waals surface area (Å²) in [6.45, 7) is 0. The average molecular weight is 117 g/mol. The van der Waals surface area contributed by atoms with Crippen LogP contribution in [0.2, 0.25) is 0 Å². The number of nitrogens with two attached hydrogens (primary N) is 1. The van der Waals surface area contributed by atoms with E-state index in [1.165, 1.54) is 0 Å². The fraction of sp³-hybridized carbons (Fsp3) is 0.500. The van der Waals surface area contributed by atoms with Crippen LogP contribution in [0.1, 0.15) is 6.42 Å². The van der Waals surface area contributed by atoms with Crippen molar-refractivity contribution in [1.29, 1.82) is 0 Å². The van der Waals surface area contributed by atoms with E-state index in [4.69, 9.17) is 5.11 Å². The summed E-state index contributed by atoms with van der Waals surface area (Å²) in [5.74, 6) is -0.676. The van der Waals surface area contributed by atoms with Crippen LogP contribution in [0.4, 0.5) is 0 Å². The van der Waals surface area contributed by atoms with Gasteiger partial charge in [-0.05, 0) is 0 Å². The number of primary amides is 1. The van der Waals surface area contributed by atoms with Crippen LogP contribution < -0.4 is 5.73 Å². The number of aliphatic hydroxyl groups excluding tert-OH is 1. The minimum Gasteiger partial charge on any atom is -0.385 e. The molecule has 4 heteroatoms. The average Bonchev–Trinajstić information content (AvgIpc) is 1.65. The van der Waals surface area contributed by atoms with E-state index in [1.807, 2.05) is 0 Å². The standard InChI is InChI=1S/C4H7NO3/c5-4(8)1-3(7)2-6/h2-3,7H,1H2,(H2,5,8). The van der Waals surface area contributed by atoms with Gasteiger partial charge in [0.15, 0.2) is 0 Å². The van der Waals surface area contributed by atoms with Crippen LogP contribution in [-0.4, -0.2) is 23.4 Å². The van der Waals surface area contributed by atoms with Crippen molar-refractivity contribution >= 4 is 12.2 Å². The maximum Gasteiger partial charge on any atom is 0.220 e. The third kappa shape index (κ3) is 3.30. The van der Waals surface area contributed by atoms with Gasteiger partial charge in [-0.15, -0.1) is 0 Å². The van der Waals surface area contributed by atoms with Gasteiger partial charge in [-0.1, -0.05) is 0 Å². The number of carbonyl (C=O) groups is 2. The molecular formula is C4H7NO3. The SMILES string of the molecule is NC(=O)CC(O)C=O. The minimum atomic E-state index is -1.23. The molecule has 1 unspecified atom stereocenters. The number of aldehydes is 1. The first-order chi connectivity index (χ1) is 3.66. The minimum absolute atomic E-state index is 0.269. The summed E-state index contributed by atoms with van der Waals surface area (Å²) in [6.07, 6.45) is -1.25. The summed E-state index contributed by atoms with van der Waals surface area (Å²) in [5, 5.41) is 8.36. The second-order valence-electron chi connectivity index (χ2n) is 1.37. The topological polar surface area (TPSA) is 80.4 Å². The smallest absolute Gasteiger partial charge is 0.220 e. The number of amides is 1. The Bertz CT molecular complexity index is 101. The van der Waals surface area contributed by atoms with Crippen molar-refractivity contribution in [3.05, 3.63) is 0 Å². The Morgan fingerprint density at radius 3 is 2.50 bits per heavy atom. The molecule has 1 atom stereocenters. The lowest BCUT2D eigenvalue weighted by Gasteiger charge is -1.94. The van der Waals surface area contributed by atoms with Gasteiger partial charge in [0.2, 0.25) is 5.91 Å². The molecular weight excluding hydrogens is 110 g/mol. The van der Waals surface area contributed by atoms with Gasteiger partial charge in [0.1, 0.15) is 12.4 Å².